The van der Waals surface area contributed by atoms with Gasteiger partial charge in [-0.3, -0.25) is 33.6 Å². The first-order valence-electron chi connectivity index (χ1n) is 20.5. The first-order valence-corrected chi connectivity index (χ1v) is 20.5. The molecule has 9 N–H and O–H groups in total. The Labute approximate surface area is 326 Å². The number of carbonyl (C=O) groups excluding carboxylic acids is 7. The molecule has 3 fully saturated rings. The second-order valence-electron chi connectivity index (χ2n) is 16.2. The highest BCUT2D eigenvalue weighted by molar-refractivity contribution is 5.96. The van der Waals surface area contributed by atoms with Crippen LogP contribution in [0.4, 0.5) is 0 Å². The Morgan fingerprint density at radius 1 is 0.891 bits per heavy atom. The highest BCUT2D eigenvalue weighted by atomic mass is 16.5. The number of unbranched alkanes of at least 4 members (excludes halogenated alkanes) is 3. The van der Waals surface area contributed by atoms with Crippen molar-refractivity contribution < 1.29 is 38.3 Å². The molecule has 0 aromatic rings. The fourth-order valence-electron chi connectivity index (χ4n) is 8.16. The lowest BCUT2D eigenvalue weighted by Crippen LogP contribution is -2.62. The van der Waals surface area contributed by atoms with Gasteiger partial charge in [-0.05, 0) is 75.8 Å². The van der Waals surface area contributed by atoms with Gasteiger partial charge in [0.2, 0.25) is 35.4 Å². The van der Waals surface area contributed by atoms with E-state index in [-0.39, 0.29) is 24.8 Å². The lowest BCUT2D eigenvalue weighted by Gasteiger charge is -2.36. The number of primary amides is 1. The van der Waals surface area contributed by atoms with Gasteiger partial charge in [-0.15, -0.1) is 0 Å². The zero-order chi connectivity index (χ0) is 40.7. The summed E-state index contributed by atoms with van der Waals surface area (Å²) in [5.74, 6) is -6.21. The molecule has 0 bridgehead atoms. The van der Waals surface area contributed by atoms with Crippen LogP contribution in [0.1, 0.15) is 111 Å². The smallest absolute Gasteiger partial charge is 0.325 e. The summed E-state index contributed by atoms with van der Waals surface area (Å²) in [7, 11) is 1.55. The molecule has 1 aliphatic carbocycles. The summed E-state index contributed by atoms with van der Waals surface area (Å²) in [4.78, 5) is 97.1. The van der Waals surface area contributed by atoms with E-state index in [0.29, 0.717) is 51.6 Å². The molecule has 0 aromatic carbocycles. The van der Waals surface area contributed by atoms with Gasteiger partial charge in [0, 0.05) is 19.5 Å². The van der Waals surface area contributed by atoms with E-state index >= 15 is 0 Å². The molecule has 16 heteroatoms. The maximum absolute atomic E-state index is 14.2. The number of esters is 1. The summed E-state index contributed by atoms with van der Waals surface area (Å²) in [6.07, 6.45) is 7.95. The molecule has 6 amide bonds. The van der Waals surface area contributed by atoms with Crippen molar-refractivity contribution in [3.8, 4) is 0 Å². The standard InChI is InChI=1S/C39H68N8O8/c1-6-7-8-12-15-31-24(4)39(54)47(5)30(18-23(2)3)37(52)46-33(25-13-10-9-11-14-25)38(53)45-29(20-40)36(51)44-28(35(50)43-22-32(48)55-31)19-26-21-42-17-16-27(26)34(41)49/h23-31,33,42H,6-22,40H2,1-5H3,(H2,41,49)(H,43,50)(H,44,51)(H,45,53)(H,46,52). The summed E-state index contributed by atoms with van der Waals surface area (Å²) in [5.41, 5.74) is 11.7. The monoisotopic (exact) mass is 777 g/mol. The number of nitrogens with one attached hydrogen (secondary N) is 5. The van der Waals surface area contributed by atoms with Gasteiger partial charge in [-0.2, -0.15) is 0 Å². The number of hydrogen-bond donors (Lipinski definition) is 7. The molecule has 55 heavy (non-hydrogen) atoms. The maximum Gasteiger partial charge on any atom is 0.325 e. The largest absolute Gasteiger partial charge is 0.460 e. The van der Waals surface area contributed by atoms with Crippen LogP contribution in [0, 0.1) is 29.6 Å². The van der Waals surface area contributed by atoms with Crippen LogP contribution in [0.3, 0.4) is 0 Å². The third-order valence-corrected chi connectivity index (χ3v) is 11.5. The Morgan fingerprint density at radius 3 is 2.22 bits per heavy atom. The number of ether oxygens (including phenoxy) is 1. The highest BCUT2D eigenvalue weighted by Crippen LogP contribution is 2.28. The minimum absolute atomic E-state index is 0.00832. The Bertz CT molecular complexity index is 1320. The Hall–Kier alpha value is -3.79. The van der Waals surface area contributed by atoms with Crippen LogP contribution in [0.15, 0.2) is 0 Å². The fraction of sp³-hybridized carbons (Fsp3) is 0.821. The van der Waals surface area contributed by atoms with Crippen LogP contribution in [0.25, 0.3) is 0 Å². The van der Waals surface area contributed by atoms with Crippen LogP contribution in [-0.4, -0.2) is 110 Å². The average molecular weight is 777 g/mol. The lowest BCUT2D eigenvalue weighted by molar-refractivity contribution is -0.157. The quantitative estimate of drug-likeness (QED) is 0.108. The number of piperidine rings is 1. The van der Waals surface area contributed by atoms with Crippen molar-refractivity contribution in [1.82, 2.24) is 31.5 Å². The molecule has 1 saturated carbocycles. The van der Waals surface area contributed by atoms with E-state index in [1.165, 1.54) is 4.90 Å². The summed E-state index contributed by atoms with van der Waals surface area (Å²) in [5, 5.41) is 14.2. The van der Waals surface area contributed by atoms with Gasteiger partial charge in [0.15, 0.2) is 0 Å². The third-order valence-electron chi connectivity index (χ3n) is 11.5. The van der Waals surface area contributed by atoms with E-state index in [1.54, 1.807) is 14.0 Å². The van der Waals surface area contributed by atoms with Crippen molar-refractivity contribution in [3.63, 3.8) is 0 Å². The Kier molecular flexibility index (Phi) is 18.8. The summed E-state index contributed by atoms with van der Waals surface area (Å²) in [6.45, 7) is 7.70. The van der Waals surface area contributed by atoms with Crippen molar-refractivity contribution in [2.75, 3.05) is 33.2 Å². The maximum atomic E-state index is 14.2. The Morgan fingerprint density at radius 2 is 1.58 bits per heavy atom. The van der Waals surface area contributed by atoms with E-state index in [2.05, 4.69) is 33.5 Å². The predicted octanol–water partition coefficient (Wildman–Crippen LogP) is 0.602. The first-order chi connectivity index (χ1) is 26.2. The van der Waals surface area contributed by atoms with Gasteiger partial charge >= 0.3 is 5.97 Å². The zero-order valence-corrected chi connectivity index (χ0v) is 33.7. The van der Waals surface area contributed by atoms with Gasteiger partial charge in [0.25, 0.3) is 0 Å². The van der Waals surface area contributed by atoms with Gasteiger partial charge in [-0.1, -0.05) is 66.2 Å². The molecular weight excluding hydrogens is 708 g/mol. The molecule has 8 atom stereocenters. The number of nitrogens with two attached hydrogens (primary N) is 2. The van der Waals surface area contributed by atoms with Crippen molar-refractivity contribution >= 4 is 41.4 Å². The van der Waals surface area contributed by atoms with Gasteiger partial charge < -0.3 is 47.7 Å². The van der Waals surface area contributed by atoms with Crippen LogP contribution in [-0.2, 0) is 38.3 Å². The Balaban J connectivity index is 2.04. The molecule has 3 rings (SSSR count). The number of carbonyl (C=O) groups is 7. The molecule has 16 nitrogen and oxygen atoms in total. The van der Waals surface area contributed by atoms with Crippen LogP contribution >= 0.6 is 0 Å². The van der Waals surface area contributed by atoms with Gasteiger partial charge in [0.05, 0.1) is 5.92 Å². The van der Waals surface area contributed by atoms with E-state index < -0.39 is 96.0 Å². The fourth-order valence-corrected chi connectivity index (χ4v) is 8.16. The average Bonchev–Trinajstić information content (AvgIpc) is 3.16. The zero-order valence-electron chi connectivity index (χ0n) is 33.7. The number of nitrogens with zero attached hydrogens (tertiary/aromatic N) is 1. The van der Waals surface area contributed by atoms with Crippen molar-refractivity contribution in [3.05, 3.63) is 0 Å². The highest BCUT2D eigenvalue weighted by Gasteiger charge is 2.40. The second-order valence-corrected chi connectivity index (χ2v) is 16.2. The lowest BCUT2D eigenvalue weighted by atomic mass is 9.81. The number of likely N-dealkylation sites (N-methyl/N-ethyl adjacent to an activating group) is 1. The molecule has 2 heterocycles. The molecule has 8 unspecified atom stereocenters. The third kappa shape index (κ3) is 13.7. The second kappa shape index (κ2) is 22.7. The number of amides is 6. The van der Waals surface area contributed by atoms with E-state index in [1.807, 2.05) is 13.8 Å². The van der Waals surface area contributed by atoms with Crippen molar-refractivity contribution in [1.29, 1.82) is 0 Å². The SMILES string of the molecule is CCCCCCC1OC(=O)CNC(=O)C(CC2CNCCC2C(N)=O)NC(=O)C(CN)NC(=O)C(C2CCCCC2)NC(=O)C(CC(C)C)N(C)C(=O)C1C. The molecule has 2 saturated heterocycles. The van der Waals surface area contributed by atoms with E-state index in [0.717, 1.165) is 38.5 Å². The van der Waals surface area contributed by atoms with Gasteiger partial charge in [0.1, 0.15) is 36.8 Å². The van der Waals surface area contributed by atoms with E-state index in [4.69, 9.17) is 16.2 Å². The summed E-state index contributed by atoms with van der Waals surface area (Å²) in [6, 6.07) is -4.45. The molecular formula is C39H68N8O8. The van der Waals surface area contributed by atoms with Crippen molar-refractivity contribution in [2.45, 2.75) is 141 Å². The van der Waals surface area contributed by atoms with Crippen molar-refractivity contribution in [2.24, 2.45) is 41.1 Å². The number of cyclic esters (lactones) is 1. The minimum atomic E-state index is -1.28. The first kappa shape index (κ1) is 45.6. The topological polar surface area (TPSA) is 244 Å². The van der Waals surface area contributed by atoms with Crippen LogP contribution in [0.2, 0.25) is 0 Å². The molecule has 0 aromatic heterocycles. The summed E-state index contributed by atoms with van der Waals surface area (Å²) < 4.78 is 5.89. The minimum Gasteiger partial charge on any atom is -0.460 e. The molecule has 0 radical (unpaired) electrons. The molecule has 0 spiro atoms. The number of rotatable bonds is 12. The summed E-state index contributed by atoms with van der Waals surface area (Å²) >= 11 is 0. The molecule has 312 valence electrons. The van der Waals surface area contributed by atoms with Crippen LogP contribution in [0.5, 0.6) is 0 Å². The normalized spacial score (nSPS) is 30.3. The molecule has 2 aliphatic heterocycles. The number of hydrogen-bond acceptors (Lipinski definition) is 10. The van der Waals surface area contributed by atoms with E-state index in [9.17, 15) is 33.6 Å². The van der Waals surface area contributed by atoms with Gasteiger partial charge in [-0.25, -0.2) is 0 Å². The molecule has 3 aliphatic rings. The predicted molar refractivity (Wildman–Crippen MR) is 207 cm³/mol. The van der Waals surface area contributed by atoms with Crippen LogP contribution < -0.4 is 38.1 Å².